The molecule has 3 heterocycles. The lowest BCUT2D eigenvalue weighted by Crippen LogP contribution is -2.37. The van der Waals surface area contributed by atoms with Crippen molar-refractivity contribution in [3.8, 4) is 0 Å². The molecule has 0 bridgehead atoms. The molecule has 0 spiro atoms. The van der Waals surface area contributed by atoms with E-state index in [9.17, 15) is 63.0 Å². The summed E-state index contributed by atoms with van der Waals surface area (Å²) in [5.74, 6) is -1.75. The second-order valence-electron chi connectivity index (χ2n) is 19.2. The van der Waals surface area contributed by atoms with Crippen LogP contribution in [0.3, 0.4) is 0 Å². The predicted molar refractivity (Wildman–Crippen MR) is 285 cm³/mol. The summed E-state index contributed by atoms with van der Waals surface area (Å²) in [7, 11) is -10.00. The number of aliphatic hydroxyl groups is 1. The second-order valence-corrected chi connectivity index (χ2v) is 22.6. The Labute approximate surface area is 455 Å². The number of carboxylic acids is 1. The lowest BCUT2D eigenvalue weighted by molar-refractivity contribution is -0.139. The van der Waals surface area contributed by atoms with Crippen molar-refractivity contribution in [2.75, 3.05) is 18.8 Å². The highest BCUT2D eigenvalue weighted by molar-refractivity contribution is 7.89. The number of carbonyl (C=O) groups is 2. The molecule has 8 rings (SSSR count). The second kappa shape index (κ2) is 24.0. The normalized spacial score (nSPS) is 14.0. The molecule has 422 valence electrons. The molecule has 80 heavy (non-hydrogen) atoms. The van der Waals surface area contributed by atoms with Crippen LogP contribution in [0.5, 0.6) is 0 Å². The van der Waals surface area contributed by atoms with Gasteiger partial charge in [-0.1, -0.05) is 72.8 Å². The number of nitrogens with one attached hydrogen (secondary N) is 4. The third-order valence-corrected chi connectivity index (χ3v) is 15.7. The highest BCUT2D eigenvalue weighted by atomic mass is 32.2. The van der Waals surface area contributed by atoms with Crippen molar-refractivity contribution in [2.24, 2.45) is 0 Å². The van der Waals surface area contributed by atoms with Gasteiger partial charge in [0, 0.05) is 71.8 Å². The van der Waals surface area contributed by atoms with Crippen LogP contribution in [0.1, 0.15) is 80.4 Å². The topological polar surface area (TPSA) is 249 Å². The largest absolute Gasteiger partial charge is 0.477 e. The summed E-state index contributed by atoms with van der Waals surface area (Å²) in [4.78, 5) is 29.8. The molecule has 4 atom stereocenters. The Bertz CT molecular complexity index is 3770. The minimum absolute atomic E-state index is 0.0522. The van der Waals surface area contributed by atoms with Crippen molar-refractivity contribution in [1.82, 2.24) is 34.2 Å². The molecule has 0 fully saturated rings. The maximum absolute atomic E-state index is 14.6. The number of rotatable bonds is 23. The van der Waals surface area contributed by atoms with E-state index in [1.807, 2.05) is 26.0 Å². The number of nitrogens with two attached hydrogens (primary N) is 1. The summed E-state index contributed by atoms with van der Waals surface area (Å²) in [5.41, 5.74) is 9.90. The van der Waals surface area contributed by atoms with Crippen LogP contribution in [0, 0.1) is 0 Å². The number of carboxylic acid groups (broad SMARTS) is 1. The number of aliphatic hydroxyl groups excluding tert-OH is 1. The van der Waals surface area contributed by atoms with E-state index in [0.717, 1.165) is 35.4 Å². The van der Waals surface area contributed by atoms with E-state index in [4.69, 9.17) is 10.5 Å². The number of sulfonamides is 2. The van der Waals surface area contributed by atoms with Crippen molar-refractivity contribution in [3.05, 3.63) is 190 Å². The zero-order valence-electron chi connectivity index (χ0n) is 42.7. The average Bonchev–Trinajstić information content (AvgIpc) is 3.97. The van der Waals surface area contributed by atoms with Crippen molar-refractivity contribution in [3.63, 3.8) is 0 Å². The Morgan fingerprint density at radius 3 is 1.60 bits per heavy atom. The van der Waals surface area contributed by atoms with Crippen LogP contribution in [-0.2, 0) is 50.7 Å². The van der Waals surface area contributed by atoms with Gasteiger partial charge in [0.1, 0.15) is 23.3 Å². The van der Waals surface area contributed by atoms with E-state index in [0.29, 0.717) is 61.0 Å². The van der Waals surface area contributed by atoms with E-state index < -0.39 is 66.6 Å². The van der Waals surface area contributed by atoms with E-state index >= 15 is 0 Å². The van der Waals surface area contributed by atoms with Gasteiger partial charge in [0.2, 0.25) is 20.0 Å². The minimum Gasteiger partial charge on any atom is -0.477 e. The van der Waals surface area contributed by atoms with Crippen molar-refractivity contribution >= 4 is 59.6 Å². The van der Waals surface area contributed by atoms with Gasteiger partial charge in [-0.3, -0.25) is 0 Å². The molecule has 0 aliphatic carbocycles. The van der Waals surface area contributed by atoms with Crippen LogP contribution < -0.4 is 25.8 Å². The maximum Gasteiger partial charge on any atom is 0.470 e. The first-order valence-electron chi connectivity index (χ1n) is 24.7. The molecule has 0 aliphatic heterocycles. The van der Waals surface area contributed by atoms with Gasteiger partial charge < -0.3 is 40.5 Å². The standard InChI is InChI=1S/C55H54F6N8O9S2/c1-33(63-29-49(70)40-16-19-51(62)65-28-40)20-35-15-18-46-42(23-35)27-48(69(46)32-38-9-7-13-44(25-38)80(76,77)67-55(59,60)61)53(73)78-50(39-10-4-3-5-11-39)30-64-34(2)21-36-14-17-45-41(22-36)26-47(52(71)72)68(45)31-37-8-6-12-43(24-37)79(74,75)66-54(56,57)58/h3-19,22-28,33-34,49-50,63-64,66-67,70H,20-21,29-32H2,1-2H3,(H2,62,65)(H,71,72). The molecule has 0 amide bonds. The van der Waals surface area contributed by atoms with Gasteiger partial charge in [-0.15, -0.1) is 9.44 Å². The van der Waals surface area contributed by atoms with Gasteiger partial charge in [0.05, 0.1) is 15.9 Å². The highest BCUT2D eigenvalue weighted by Gasteiger charge is 2.36. The average molecular weight is 1150 g/mol. The van der Waals surface area contributed by atoms with Crippen LogP contribution in [0.15, 0.2) is 156 Å². The fourth-order valence-electron chi connectivity index (χ4n) is 9.28. The summed E-state index contributed by atoms with van der Waals surface area (Å²) in [6.45, 7) is 3.79. The molecule has 8 aromatic rings. The van der Waals surface area contributed by atoms with E-state index in [-0.39, 0.29) is 60.8 Å². The van der Waals surface area contributed by atoms with Crippen LogP contribution in [-0.4, -0.2) is 90.9 Å². The Morgan fingerprint density at radius 2 is 1.11 bits per heavy atom. The first kappa shape index (κ1) is 58.5. The number of fused-ring (bicyclic) bond motifs is 2. The predicted octanol–water partition coefficient (Wildman–Crippen LogP) is 8.34. The van der Waals surface area contributed by atoms with Crippen molar-refractivity contribution < 1.29 is 67.7 Å². The van der Waals surface area contributed by atoms with E-state index in [1.165, 1.54) is 41.1 Å². The number of hydrogen-bond donors (Lipinski definition) is 7. The number of nitrogen functional groups attached to an aromatic ring is 1. The first-order valence-corrected chi connectivity index (χ1v) is 27.7. The molecular formula is C55H54F6N8O9S2. The molecule has 0 saturated heterocycles. The zero-order valence-corrected chi connectivity index (χ0v) is 44.3. The molecule has 0 aliphatic rings. The molecule has 0 radical (unpaired) electrons. The number of ether oxygens (including phenoxy) is 1. The number of benzene rings is 5. The lowest BCUT2D eigenvalue weighted by atomic mass is 10.0. The zero-order chi connectivity index (χ0) is 57.7. The third kappa shape index (κ3) is 15.0. The number of alkyl halides is 6. The Morgan fingerprint density at radius 1 is 0.613 bits per heavy atom. The lowest BCUT2D eigenvalue weighted by Gasteiger charge is -2.22. The number of aromatic nitrogens is 3. The summed E-state index contributed by atoms with van der Waals surface area (Å²) < 4.78 is 140. The van der Waals surface area contributed by atoms with Gasteiger partial charge in [0.25, 0.3) is 0 Å². The number of halogens is 6. The third-order valence-electron chi connectivity index (χ3n) is 13.0. The molecule has 8 N–H and O–H groups in total. The quantitative estimate of drug-likeness (QED) is 0.0181. The number of pyridine rings is 1. The smallest absolute Gasteiger partial charge is 0.470 e. The maximum atomic E-state index is 14.6. The van der Waals surface area contributed by atoms with E-state index in [2.05, 4.69) is 15.6 Å². The molecule has 0 saturated carbocycles. The molecule has 17 nitrogen and oxygen atoms in total. The number of anilines is 1. The van der Waals surface area contributed by atoms with Gasteiger partial charge in [0.15, 0.2) is 0 Å². The van der Waals surface area contributed by atoms with Gasteiger partial charge in [-0.2, -0.15) is 26.3 Å². The van der Waals surface area contributed by atoms with Crippen molar-refractivity contribution in [2.45, 2.75) is 86.5 Å². The van der Waals surface area contributed by atoms with E-state index in [1.54, 1.807) is 77.4 Å². The number of hydrogen-bond acceptors (Lipinski definition) is 12. The summed E-state index contributed by atoms with van der Waals surface area (Å²) in [6.07, 6.45) is -9.82. The number of aromatic carboxylic acids is 1. The SMILES string of the molecule is CC(Cc1ccc2c(c1)cc(C(=O)OC(CNC(C)Cc1ccc3c(c1)cc(C(=O)O)n3Cc1cccc(S(=O)(=O)NC(F)(F)F)c1)c1ccccc1)n2Cc1cccc(S(=O)(=O)NC(F)(F)F)c1)NCC(O)c1ccc(N)nc1. The minimum atomic E-state index is -5.23. The molecule has 3 aromatic heterocycles. The van der Waals surface area contributed by atoms with Crippen molar-refractivity contribution in [1.29, 1.82) is 0 Å². The Hall–Kier alpha value is -7.65. The van der Waals surface area contributed by atoms with Crippen LogP contribution in [0.25, 0.3) is 21.8 Å². The monoisotopic (exact) mass is 1150 g/mol. The fraction of sp³-hybridized carbons (Fsp3) is 0.255. The van der Waals surface area contributed by atoms with Crippen LogP contribution in [0.2, 0.25) is 0 Å². The Balaban J connectivity index is 1.02. The number of carbonyl (C=O) groups excluding carboxylic acids is 1. The number of nitrogens with zero attached hydrogens (tertiary/aromatic N) is 3. The van der Waals surface area contributed by atoms with Crippen LogP contribution in [0.4, 0.5) is 32.2 Å². The van der Waals surface area contributed by atoms with Gasteiger partial charge in [-0.25, -0.2) is 31.4 Å². The number of esters is 1. The molecular weight excluding hydrogens is 1090 g/mol. The fourth-order valence-corrected chi connectivity index (χ4v) is 11.3. The first-order chi connectivity index (χ1) is 37.7. The molecule has 4 unspecified atom stereocenters. The van der Waals surface area contributed by atoms with Gasteiger partial charge in [-0.05, 0) is 121 Å². The molecule has 5 aromatic carbocycles. The Kier molecular flexibility index (Phi) is 17.5. The summed E-state index contributed by atoms with van der Waals surface area (Å²) >= 11 is 0. The highest BCUT2D eigenvalue weighted by Crippen LogP contribution is 2.30. The summed E-state index contributed by atoms with van der Waals surface area (Å²) in [5, 5.41) is 28.8. The van der Waals surface area contributed by atoms with Gasteiger partial charge >= 0.3 is 24.5 Å². The van der Waals surface area contributed by atoms with Crippen LogP contribution >= 0.6 is 0 Å². The molecule has 25 heteroatoms. The summed E-state index contributed by atoms with van der Waals surface area (Å²) in [6, 6.07) is 35.2.